The molecule has 1 aromatic heterocycles. The van der Waals surface area contributed by atoms with Crippen molar-refractivity contribution in [2.24, 2.45) is 0 Å². The number of aromatic nitrogens is 2. The highest BCUT2D eigenvalue weighted by Crippen LogP contribution is 2.41. The summed E-state index contributed by atoms with van der Waals surface area (Å²) in [6.07, 6.45) is 0. The van der Waals surface area contributed by atoms with Gasteiger partial charge in [-0.25, -0.2) is 0 Å². The second kappa shape index (κ2) is 11.1. The smallest absolute Gasteiger partial charge is 0.309 e. The van der Waals surface area contributed by atoms with Gasteiger partial charge in [0.2, 0.25) is 5.88 Å². The SMILES string of the molecule is COc1cccc(-c2nn(-c3ccccc3)c(OC(C)=O)c2-c2ccc(NC(=O)c3ccccc3C)cc2)c1. The molecule has 39 heavy (non-hydrogen) atoms. The molecule has 0 spiro atoms. The maximum Gasteiger partial charge on any atom is 0.309 e. The molecule has 1 heterocycles. The molecular formula is C32H27N3O4. The number of benzene rings is 4. The zero-order valence-corrected chi connectivity index (χ0v) is 21.8. The first-order chi connectivity index (χ1) is 18.9. The number of para-hydroxylation sites is 1. The molecule has 0 bridgehead atoms. The summed E-state index contributed by atoms with van der Waals surface area (Å²) in [5, 5.41) is 7.85. The number of anilines is 1. The molecule has 0 atom stereocenters. The van der Waals surface area contributed by atoms with Gasteiger partial charge >= 0.3 is 5.97 Å². The molecule has 0 aliphatic heterocycles. The van der Waals surface area contributed by atoms with Crippen molar-refractivity contribution in [1.82, 2.24) is 9.78 Å². The van der Waals surface area contributed by atoms with E-state index in [1.54, 1.807) is 17.9 Å². The normalized spacial score (nSPS) is 10.6. The number of nitrogens with zero attached hydrogens (tertiary/aromatic N) is 2. The van der Waals surface area contributed by atoms with Gasteiger partial charge in [-0.3, -0.25) is 9.59 Å². The molecule has 1 amide bonds. The first-order valence-corrected chi connectivity index (χ1v) is 12.4. The van der Waals surface area contributed by atoms with Gasteiger partial charge in [0.15, 0.2) is 0 Å². The van der Waals surface area contributed by atoms with Crippen molar-refractivity contribution in [1.29, 1.82) is 0 Å². The molecule has 0 aliphatic carbocycles. The van der Waals surface area contributed by atoms with Crippen LogP contribution in [0.1, 0.15) is 22.8 Å². The van der Waals surface area contributed by atoms with E-state index in [0.29, 0.717) is 34.1 Å². The Morgan fingerprint density at radius 1 is 0.821 bits per heavy atom. The van der Waals surface area contributed by atoms with Gasteiger partial charge < -0.3 is 14.8 Å². The van der Waals surface area contributed by atoms with Crippen LogP contribution in [-0.2, 0) is 4.79 Å². The Balaban J connectivity index is 1.62. The first kappa shape index (κ1) is 25.5. The fraction of sp³-hybridized carbons (Fsp3) is 0.0938. The number of amides is 1. The summed E-state index contributed by atoms with van der Waals surface area (Å²) >= 11 is 0. The van der Waals surface area contributed by atoms with Gasteiger partial charge in [0, 0.05) is 23.7 Å². The standard InChI is InChI=1S/C32H27N3O4/c1-21-10-7-8-15-28(21)31(37)33-25-18-16-23(17-19-25)29-30(24-11-9-14-27(20-24)38-3)34-35(32(29)39-22(2)36)26-12-5-4-6-13-26/h4-20H,1-3H3,(H,33,37). The molecule has 0 saturated carbocycles. The number of carbonyl (C=O) groups excluding carboxylic acids is 2. The molecule has 1 N–H and O–H groups in total. The number of esters is 1. The Bertz CT molecular complexity index is 1640. The summed E-state index contributed by atoms with van der Waals surface area (Å²) in [7, 11) is 1.61. The van der Waals surface area contributed by atoms with Crippen LogP contribution in [0.15, 0.2) is 103 Å². The van der Waals surface area contributed by atoms with Crippen molar-refractivity contribution in [3.63, 3.8) is 0 Å². The highest BCUT2D eigenvalue weighted by Gasteiger charge is 2.25. The molecular weight excluding hydrogens is 490 g/mol. The number of aryl methyl sites for hydroxylation is 1. The van der Waals surface area contributed by atoms with E-state index in [-0.39, 0.29) is 5.91 Å². The maximum atomic E-state index is 12.8. The predicted octanol–water partition coefficient (Wildman–Crippen LogP) is 6.70. The Kier molecular flexibility index (Phi) is 7.23. The second-order valence-corrected chi connectivity index (χ2v) is 8.95. The Labute approximate surface area is 226 Å². The number of methoxy groups -OCH3 is 1. The maximum absolute atomic E-state index is 12.8. The van der Waals surface area contributed by atoms with Crippen LogP contribution >= 0.6 is 0 Å². The Morgan fingerprint density at radius 3 is 2.23 bits per heavy atom. The van der Waals surface area contributed by atoms with E-state index in [0.717, 1.165) is 22.4 Å². The Hall–Kier alpha value is -5.17. The zero-order valence-electron chi connectivity index (χ0n) is 21.8. The lowest BCUT2D eigenvalue weighted by Gasteiger charge is -2.11. The average molecular weight is 518 g/mol. The van der Waals surface area contributed by atoms with Gasteiger partial charge in [-0.1, -0.05) is 60.7 Å². The van der Waals surface area contributed by atoms with Gasteiger partial charge in [-0.15, -0.1) is 0 Å². The number of rotatable bonds is 7. The molecule has 0 unspecified atom stereocenters. The minimum Gasteiger partial charge on any atom is -0.497 e. The molecule has 7 heteroatoms. The van der Waals surface area contributed by atoms with Crippen LogP contribution in [0.25, 0.3) is 28.1 Å². The summed E-state index contributed by atoms with van der Waals surface area (Å²) in [5.74, 6) is 0.322. The molecule has 7 nitrogen and oxygen atoms in total. The molecule has 0 aliphatic rings. The van der Waals surface area contributed by atoms with Crippen LogP contribution in [-0.4, -0.2) is 28.8 Å². The summed E-state index contributed by atoms with van der Waals surface area (Å²) in [4.78, 5) is 25.1. The van der Waals surface area contributed by atoms with E-state index in [4.69, 9.17) is 14.6 Å². The van der Waals surface area contributed by atoms with E-state index in [9.17, 15) is 9.59 Å². The van der Waals surface area contributed by atoms with Crippen LogP contribution in [0, 0.1) is 6.92 Å². The average Bonchev–Trinajstić information content (AvgIpc) is 3.32. The van der Waals surface area contributed by atoms with E-state index >= 15 is 0 Å². The first-order valence-electron chi connectivity index (χ1n) is 12.4. The zero-order chi connectivity index (χ0) is 27.4. The van der Waals surface area contributed by atoms with E-state index in [2.05, 4.69) is 5.32 Å². The van der Waals surface area contributed by atoms with Crippen LogP contribution < -0.4 is 14.8 Å². The quantitative estimate of drug-likeness (QED) is 0.243. The van der Waals surface area contributed by atoms with E-state index in [1.165, 1.54) is 6.92 Å². The molecule has 194 valence electrons. The lowest BCUT2D eigenvalue weighted by Crippen LogP contribution is -2.13. The fourth-order valence-electron chi connectivity index (χ4n) is 4.36. The molecule has 4 aromatic carbocycles. The van der Waals surface area contributed by atoms with Gasteiger partial charge in [-0.2, -0.15) is 9.78 Å². The van der Waals surface area contributed by atoms with Gasteiger partial charge in [0.05, 0.1) is 18.4 Å². The number of carbonyl (C=O) groups is 2. The Morgan fingerprint density at radius 2 is 1.54 bits per heavy atom. The van der Waals surface area contributed by atoms with Crippen molar-refractivity contribution in [2.75, 3.05) is 12.4 Å². The van der Waals surface area contributed by atoms with Crippen LogP contribution in [0.2, 0.25) is 0 Å². The highest BCUT2D eigenvalue weighted by molar-refractivity contribution is 6.05. The third-order valence-electron chi connectivity index (χ3n) is 6.25. The minimum atomic E-state index is -0.465. The lowest BCUT2D eigenvalue weighted by molar-refractivity contribution is -0.132. The van der Waals surface area contributed by atoms with Crippen LogP contribution in [0.5, 0.6) is 11.6 Å². The summed E-state index contributed by atoms with van der Waals surface area (Å²) in [6.45, 7) is 3.26. The summed E-state index contributed by atoms with van der Waals surface area (Å²) in [5.41, 5.74) is 5.71. The van der Waals surface area contributed by atoms with Crippen molar-refractivity contribution in [2.45, 2.75) is 13.8 Å². The molecule has 5 aromatic rings. The molecule has 0 radical (unpaired) electrons. The number of ether oxygens (including phenoxy) is 2. The fourth-order valence-corrected chi connectivity index (χ4v) is 4.36. The topological polar surface area (TPSA) is 82.4 Å². The van der Waals surface area contributed by atoms with Gasteiger partial charge in [0.1, 0.15) is 11.4 Å². The lowest BCUT2D eigenvalue weighted by atomic mass is 10.0. The van der Waals surface area contributed by atoms with Crippen molar-refractivity contribution in [3.05, 3.63) is 114 Å². The third-order valence-corrected chi connectivity index (χ3v) is 6.25. The van der Waals surface area contributed by atoms with E-state index < -0.39 is 5.97 Å². The largest absolute Gasteiger partial charge is 0.497 e. The van der Waals surface area contributed by atoms with Crippen LogP contribution in [0.3, 0.4) is 0 Å². The van der Waals surface area contributed by atoms with Gasteiger partial charge in [-0.05, 0) is 60.5 Å². The van der Waals surface area contributed by atoms with Gasteiger partial charge in [0.25, 0.3) is 5.91 Å². The van der Waals surface area contributed by atoms with Crippen molar-refractivity contribution >= 4 is 17.6 Å². The minimum absolute atomic E-state index is 0.185. The number of nitrogens with one attached hydrogen (secondary N) is 1. The molecule has 0 saturated heterocycles. The predicted molar refractivity (Wildman–Crippen MR) is 151 cm³/mol. The van der Waals surface area contributed by atoms with Crippen LogP contribution in [0.4, 0.5) is 5.69 Å². The van der Waals surface area contributed by atoms with Crippen molar-refractivity contribution < 1.29 is 19.1 Å². The summed E-state index contributed by atoms with van der Waals surface area (Å²) in [6, 6.07) is 31.9. The number of hydrogen-bond acceptors (Lipinski definition) is 5. The monoisotopic (exact) mass is 517 g/mol. The van der Waals surface area contributed by atoms with E-state index in [1.807, 2.05) is 104 Å². The second-order valence-electron chi connectivity index (χ2n) is 8.95. The summed E-state index contributed by atoms with van der Waals surface area (Å²) < 4.78 is 12.8. The molecule has 0 fully saturated rings. The number of hydrogen-bond donors (Lipinski definition) is 1. The molecule has 5 rings (SSSR count). The highest BCUT2D eigenvalue weighted by atomic mass is 16.5. The van der Waals surface area contributed by atoms with Crippen molar-refractivity contribution in [3.8, 4) is 39.7 Å². The third kappa shape index (κ3) is 5.43.